The van der Waals surface area contributed by atoms with Crippen LogP contribution in [0.25, 0.3) is 22.2 Å². The van der Waals surface area contributed by atoms with Crippen molar-refractivity contribution in [1.29, 1.82) is 0 Å². The molecule has 3 heterocycles. The largest absolute Gasteiger partial charge is 0.417 e. The van der Waals surface area contributed by atoms with Crippen molar-refractivity contribution in [2.45, 2.75) is 18.0 Å². The average Bonchev–Trinajstić information content (AvgIpc) is 2.90. The third-order valence-electron chi connectivity index (χ3n) is 5.74. The molecular weight excluding hydrogens is 538 g/mol. The number of pyridine rings is 2. The standard InChI is InChI=1S/C26H18F4N5O3S/c1-16-24(32-15-33-25(16)34-23-10-9-18(14-31-23)26(28,29)30)20-13-22-17(12-21(20)27)6-5-11-35(22)38-39(36,37)19-7-3-2-4-8-19/h2-15H,1H3,(H,31,32,33,34)/q+1. The van der Waals surface area contributed by atoms with Gasteiger partial charge in [0.25, 0.3) is 5.52 Å². The zero-order chi connectivity index (χ0) is 27.8. The van der Waals surface area contributed by atoms with Crippen LogP contribution in [-0.4, -0.2) is 23.4 Å². The van der Waals surface area contributed by atoms with E-state index in [1.807, 2.05) is 0 Å². The molecule has 0 amide bonds. The third-order valence-corrected chi connectivity index (χ3v) is 6.94. The van der Waals surface area contributed by atoms with Crippen LogP contribution in [0.4, 0.5) is 29.2 Å². The first-order chi connectivity index (χ1) is 18.5. The van der Waals surface area contributed by atoms with Crippen molar-refractivity contribution in [3.63, 3.8) is 0 Å². The number of nitrogens with zero attached hydrogens (tertiary/aromatic N) is 4. The molecule has 198 valence electrons. The van der Waals surface area contributed by atoms with Crippen LogP contribution >= 0.6 is 0 Å². The number of hydrogen-bond donors (Lipinski definition) is 1. The molecule has 3 aromatic heterocycles. The number of fused-ring (bicyclic) bond motifs is 1. The van der Waals surface area contributed by atoms with Gasteiger partial charge >= 0.3 is 16.3 Å². The smallest absolute Gasteiger partial charge is 0.325 e. The predicted molar refractivity (Wildman–Crippen MR) is 133 cm³/mol. The van der Waals surface area contributed by atoms with Crippen LogP contribution in [0.3, 0.4) is 0 Å². The third kappa shape index (κ3) is 5.34. The fourth-order valence-electron chi connectivity index (χ4n) is 3.79. The molecule has 8 nitrogen and oxygen atoms in total. The van der Waals surface area contributed by atoms with E-state index < -0.39 is 27.7 Å². The summed E-state index contributed by atoms with van der Waals surface area (Å²) in [5, 5.41) is 3.18. The van der Waals surface area contributed by atoms with Gasteiger partial charge in [0.05, 0.1) is 16.6 Å². The molecule has 0 saturated heterocycles. The van der Waals surface area contributed by atoms with E-state index in [0.29, 0.717) is 17.1 Å². The lowest BCUT2D eigenvalue weighted by Gasteiger charge is -2.12. The lowest BCUT2D eigenvalue weighted by molar-refractivity contribution is -0.835. The summed E-state index contributed by atoms with van der Waals surface area (Å²) < 4.78 is 85.8. The fraction of sp³-hybridized carbons (Fsp3) is 0.0769. The highest BCUT2D eigenvalue weighted by atomic mass is 32.2. The number of benzene rings is 2. The minimum absolute atomic E-state index is 0.0199. The van der Waals surface area contributed by atoms with Crippen LogP contribution in [0.1, 0.15) is 11.1 Å². The molecule has 39 heavy (non-hydrogen) atoms. The molecule has 13 heteroatoms. The summed E-state index contributed by atoms with van der Waals surface area (Å²) in [4.78, 5) is 12.0. The molecular formula is C26H18F4N5O3S+. The van der Waals surface area contributed by atoms with Crippen molar-refractivity contribution in [3.05, 3.63) is 102 Å². The Labute approximate surface area is 219 Å². The van der Waals surface area contributed by atoms with Crippen molar-refractivity contribution in [2.24, 2.45) is 0 Å². The second kappa shape index (κ2) is 9.91. The topological polar surface area (TPSA) is 97.9 Å². The van der Waals surface area contributed by atoms with Gasteiger partial charge in [-0.3, -0.25) is 0 Å². The molecule has 5 aromatic rings. The number of alkyl halides is 3. The molecule has 0 aliphatic carbocycles. The van der Waals surface area contributed by atoms with Crippen molar-refractivity contribution in [3.8, 4) is 11.3 Å². The normalized spacial score (nSPS) is 11.9. The second-order valence-corrected chi connectivity index (χ2v) is 9.85. The highest BCUT2D eigenvalue weighted by Gasteiger charge is 2.31. The zero-order valence-corrected chi connectivity index (χ0v) is 20.8. The summed E-state index contributed by atoms with van der Waals surface area (Å²) in [6.07, 6.45) is -1.31. The lowest BCUT2D eigenvalue weighted by Crippen LogP contribution is -2.46. The van der Waals surface area contributed by atoms with Gasteiger partial charge in [-0.1, -0.05) is 18.2 Å². The quantitative estimate of drug-likeness (QED) is 0.232. The Morgan fingerprint density at radius 3 is 2.41 bits per heavy atom. The van der Waals surface area contributed by atoms with Crippen LogP contribution in [-0.2, 0) is 16.3 Å². The Morgan fingerprint density at radius 2 is 1.72 bits per heavy atom. The Morgan fingerprint density at radius 1 is 0.949 bits per heavy atom. The number of nitrogens with one attached hydrogen (secondary N) is 1. The summed E-state index contributed by atoms with van der Waals surface area (Å²) in [7, 11) is -4.20. The van der Waals surface area contributed by atoms with Crippen LogP contribution in [0.2, 0.25) is 0 Å². The molecule has 0 fully saturated rings. The van der Waals surface area contributed by atoms with Gasteiger partial charge in [-0.2, -0.15) is 21.6 Å². The molecule has 0 radical (unpaired) electrons. The molecule has 2 aromatic carbocycles. The van der Waals surface area contributed by atoms with Crippen molar-refractivity contribution < 1.29 is 35.0 Å². The van der Waals surface area contributed by atoms with Gasteiger partial charge in [0, 0.05) is 34.2 Å². The maximum absolute atomic E-state index is 15.3. The molecule has 0 aliphatic heterocycles. The summed E-state index contributed by atoms with van der Waals surface area (Å²) in [6.45, 7) is 1.60. The minimum atomic E-state index is -4.53. The average molecular weight is 557 g/mol. The van der Waals surface area contributed by atoms with Crippen molar-refractivity contribution in [1.82, 2.24) is 15.0 Å². The van der Waals surface area contributed by atoms with E-state index in [0.717, 1.165) is 23.2 Å². The first-order valence-corrected chi connectivity index (χ1v) is 12.7. The molecule has 0 unspecified atom stereocenters. The van der Waals surface area contributed by atoms with Gasteiger partial charge in [-0.15, -0.1) is 4.28 Å². The highest BCUT2D eigenvalue weighted by molar-refractivity contribution is 7.86. The van der Waals surface area contributed by atoms with Gasteiger partial charge in [0.2, 0.25) is 6.20 Å². The molecule has 0 bridgehead atoms. The Kier molecular flexibility index (Phi) is 6.60. The maximum Gasteiger partial charge on any atom is 0.417 e. The zero-order valence-electron chi connectivity index (χ0n) is 20.0. The van der Waals surface area contributed by atoms with E-state index in [-0.39, 0.29) is 33.3 Å². The van der Waals surface area contributed by atoms with Gasteiger partial charge in [-0.05, 0) is 43.3 Å². The number of rotatable bonds is 6. The van der Waals surface area contributed by atoms with E-state index in [1.54, 1.807) is 31.2 Å². The van der Waals surface area contributed by atoms with Gasteiger partial charge in [0.1, 0.15) is 28.7 Å². The van der Waals surface area contributed by atoms with E-state index in [1.165, 1.54) is 36.5 Å². The SMILES string of the molecule is Cc1c(Nc2ccc(C(F)(F)F)cn2)ncnc1-c1cc2c(ccc[n+]2OS(=O)(=O)c2ccccc2)cc1F. The molecule has 5 rings (SSSR count). The molecule has 1 N–H and O–H groups in total. The highest BCUT2D eigenvalue weighted by Crippen LogP contribution is 2.32. The van der Waals surface area contributed by atoms with E-state index in [2.05, 4.69) is 20.3 Å². The molecule has 0 aliphatic rings. The molecule has 0 saturated carbocycles. The van der Waals surface area contributed by atoms with Gasteiger partial charge < -0.3 is 5.32 Å². The fourth-order valence-corrected chi connectivity index (χ4v) is 4.71. The van der Waals surface area contributed by atoms with E-state index in [9.17, 15) is 21.6 Å². The maximum atomic E-state index is 15.3. The van der Waals surface area contributed by atoms with E-state index >= 15 is 4.39 Å². The van der Waals surface area contributed by atoms with Crippen molar-refractivity contribution >= 4 is 32.7 Å². The van der Waals surface area contributed by atoms with Crippen LogP contribution < -0.4 is 14.3 Å². The van der Waals surface area contributed by atoms with Crippen molar-refractivity contribution in [2.75, 3.05) is 5.32 Å². The Bertz CT molecular complexity index is 1780. The first-order valence-electron chi connectivity index (χ1n) is 11.3. The second-order valence-electron chi connectivity index (χ2n) is 8.32. The predicted octanol–water partition coefficient (Wildman–Crippen LogP) is 5.01. The number of halogens is 4. The van der Waals surface area contributed by atoms with Crippen LogP contribution in [0.5, 0.6) is 0 Å². The number of hydrogen-bond acceptors (Lipinski definition) is 7. The Balaban J connectivity index is 1.53. The summed E-state index contributed by atoms with van der Waals surface area (Å²) in [6, 6.07) is 15.3. The van der Waals surface area contributed by atoms with Crippen LogP contribution in [0, 0.1) is 12.7 Å². The molecule has 0 atom stereocenters. The van der Waals surface area contributed by atoms with Gasteiger partial charge in [0.15, 0.2) is 0 Å². The number of aromatic nitrogens is 4. The monoisotopic (exact) mass is 556 g/mol. The molecule has 0 spiro atoms. The van der Waals surface area contributed by atoms with Crippen LogP contribution in [0.15, 0.2) is 90.3 Å². The summed E-state index contributed by atoms with van der Waals surface area (Å²) >= 11 is 0. The van der Waals surface area contributed by atoms with E-state index in [4.69, 9.17) is 4.28 Å². The Hall–Kier alpha value is -4.65. The van der Waals surface area contributed by atoms with Gasteiger partial charge in [-0.25, -0.2) is 19.3 Å². The number of anilines is 2. The minimum Gasteiger partial charge on any atom is -0.325 e. The first kappa shape index (κ1) is 26.0. The summed E-state index contributed by atoms with van der Waals surface area (Å²) in [5.41, 5.74) is -0.106. The lowest BCUT2D eigenvalue weighted by atomic mass is 10.0. The summed E-state index contributed by atoms with van der Waals surface area (Å²) in [5.74, 6) is -0.366.